The number of sulfonamides is 1. The maximum absolute atomic E-state index is 11.7. The fourth-order valence-electron chi connectivity index (χ4n) is 1.58. The first-order valence-electron chi connectivity index (χ1n) is 5.21. The van der Waals surface area contributed by atoms with E-state index in [-0.39, 0.29) is 19.2 Å². The molecule has 6 nitrogen and oxygen atoms in total. The topological polar surface area (TPSA) is 94.9 Å². The molecule has 16 heavy (non-hydrogen) atoms. The van der Waals surface area contributed by atoms with E-state index in [4.69, 9.17) is 10.2 Å². The highest BCUT2D eigenvalue weighted by molar-refractivity contribution is 7.89. The number of rotatable bonds is 8. The van der Waals surface area contributed by atoms with Crippen molar-refractivity contribution in [3.8, 4) is 0 Å². The van der Waals surface area contributed by atoms with Crippen LogP contribution in [-0.4, -0.2) is 53.9 Å². The third kappa shape index (κ3) is 4.46. The zero-order valence-electron chi connectivity index (χ0n) is 9.59. The van der Waals surface area contributed by atoms with E-state index in [1.807, 2.05) is 13.8 Å². The molecule has 7 heteroatoms. The van der Waals surface area contributed by atoms with Crippen LogP contribution < -0.4 is 0 Å². The molecule has 0 radical (unpaired) electrons. The fraction of sp³-hybridized carbons (Fsp3) is 0.889. The van der Waals surface area contributed by atoms with Gasteiger partial charge in [-0.2, -0.15) is 4.31 Å². The molecule has 0 saturated carbocycles. The Morgan fingerprint density at radius 2 is 1.81 bits per heavy atom. The SMILES string of the molecule is CCC(CC)N(CCO)S(=O)(=O)CC(=O)O. The van der Waals surface area contributed by atoms with Gasteiger partial charge in [-0.05, 0) is 12.8 Å². The van der Waals surface area contributed by atoms with Gasteiger partial charge in [-0.25, -0.2) is 8.42 Å². The molecule has 2 N–H and O–H groups in total. The van der Waals surface area contributed by atoms with Gasteiger partial charge in [0, 0.05) is 12.6 Å². The first-order chi connectivity index (χ1) is 7.38. The van der Waals surface area contributed by atoms with E-state index in [1.165, 1.54) is 0 Å². The van der Waals surface area contributed by atoms with Gasteiger partial charge in [0.25, 0.3) is 0 Å². The lowest BCUT2D eigenvalue weighted by Crippen LogP contribution is -2.44. The monoisotopic (exact) mass is 253 g/mol. The summed E-state index contributed by atoms with van der Waals surface area (Å²) in [6.45, 7) is 3.29. The Bertz CT molecular complexity index is 310. The molecule has 0 heterocycles. The Hall–Kier alpha value is -0.660. The average molecular weight is 253 g/mol. The number of carboxylic acids is 1. The lowest BCUT2D eigenvalue weighted by atomic mass is 10.2. The zero-order valence-corrected chi connectivity index (χ0v) is 10.4. The van der Waals surface area contributed by atoms with Crippen molar-refractivity contribution in [2.45, 2.75) is 32.7 Å². The summed E-state index contributed by atoms with van der Waals surface area (Å²) in [5.74, 6) is -2.31. The molecule has 0 amide bonds. The van der Waals surface area contributed by atoms with Gasteiger partial charge in [0.1, 0.15) is 0 Å². The van der Waals surface area contributed by atoms with E-state index in [1.54, 1.807) is 0 Å². The van der Waals surface area contributed by atoms with E-state index in [2.05, 4.69) is 0 Å². The summed E-state index contributed by atoms with van der Waals surface area (Å²) in [6, 6.07) is -0.253. The summed E-state index contributed by atoms with van der Waals surface area (Å²) >= 11 is 0. The summed E-state index contributed by atoms with van der Waals surface area (Å²) in [6.07, 6.45) is 1.19. The van der Waals surface area contributed by atoms with E-state index >= 15 is 0 Å². The zero-order chi connectivity index (χ0) is 12.8. The van der Waals surface area contributed by atoms with Gasteiger partial charge in [-0.1, -0.05) is 13.8 Å². The summed E-state index contributed by atoms with van der Waals surface area (Å²) in [4.78, 5) is 10.5. The minimum atomic E-state index is -3.83. The number of carboxylic acid groups (broad SMARTS) is 1. The number of hydrogen-bond donors (Lipinski definition) is 2. The fourth-order valence-corrected chi connectivity index (χ4v) is 3.17. The van der Waals surface area contributed by atoms with Crippen molar-refractivity contribution in [1.82, 2.24) is 4.31 Å². The van der Waals surface area contributed by atoms with E-state index in [9.17, 15) is 13.2 Å². The number of nitrogens with zero attached hydrogens (tertiary/aromatic N) is 1. The quantitative estimate of drug-likeness (QED) is 0.629. The normalized spacial score (nSPS) is 12.3. The lowest BCUT2D eigenvalue weighted by Gasteiger charge is -2.28. The molecule has 0 aliphatic rings. The molecule has 0 saturated heterocycles. The second kappa shape index (κ2) is 6.82. The first kappa shape index (κ1) is 15.3. The van der Waals surface area contributed by atoms with Gasteiger partial charge >= 0.3 is 5.97 Å². The predicted molar refractivity (Wildman–Crippen MR) is 59.6 cm³/mol. The van der Waals surface area contributed by atoms with Crippen molar-refractivity contribution in [2.75, 3.05) is 18.9 Å². The number of carbonyl (C=O) groups is 1. The molecular formula is C9H19NO5S. The molecule has 0 aromatic heterocycles. The van der Waals surface area contributed by atoms with Gasteiger partial charge in [-0.15, -0.1) is 0 Å². The Kier molecular flexibility index (Phi) is 6.54. The van der Waals surface area contributed by atoms with Gasteiger partial charge in [-0.3, -0.25) is 4.79 Å². The molecule has 0 aromatic rings. The molecule has 0 bridgehead atoms. The maximum atomic E-state index is 11.7. The lowest BCUT2D eigenvalue weighted by molar-refractivity contribution is -0.134. The summed E-state index contributed by atoms with van der Waals surface area (Å²) in [5.41, 5.74) is 0. The van der Waals surface area contributed by atoms with Crippen molar-refractivity contribution in [1.29, 1.82) is 0 Å². The maximum Gasteiger partial charge on any atom is 0.320 e. The third-order valence-electron chi connectivity index (χ3n) is 2.33. The van der Waals surface area contributed by atoms with Crippen LogP contribution in [0, 0.1) is 0 Å². The van der Waals surface area contributed by atoms with Crippen LogP contribution in [0.5, 0.6) is 0 Å². The van der Waals surface area contributed by atoms with Gasteiger partial charge in [0.2, 0.25) is 10.0 Å². The number of aliphatic hydroxyl groups excluding tert-OH is 1. The summed E-state index contributed by atoms with van der Waals surface area (Å²) in [5, 5.41) is 17.3. The third-order valence-corrected chi connectivity index (χ3v) is 4.14. The second-order valence-corrected chi connectivity index (χ2v) is 5.38. The first-order valence-corrected chi connectivity index (χ1v) is 6.82. The molecule has 0 atom stereocenters. The van der Waals surface area contributed by atoms with Crippen molar-refractivity contribution in [3.63, 3.8) is 0 Å². The number of aliphatic hydroxyl groups is 1. The van der Waals surface area contributed by atoms with Crippen LogP contribution in [0.1, 0.15) is 26.7 Å². The highest BCUT2D eigenvalue weighted by Crippen LogP contribution is 2.13. The molecule has 0 aliphatic carbocycles. The minimum absolute atomic E-state index is 0.0536. The Labute approximate surface area is 95.9 Å². The number of aliphatic carboxylic acids is 1. The van der Waals surface area contributed by atoms with Gasteiger partial charge in [0.15, 0.2) is 5.75 Å². The molecule has 0 unspecified atom stereocenters. The van der Waals surface area contributed by atoms with Crippen molar-refractivity contribution < 1.29 is 23.4 Å². The van der Waals surface area contributed by atoms with Crippen LogP contribution in [0.25, 0.3) is 0 Å². The highest BCUT2D eigenvalue weighted by Gasteiger charge is 2.29. The molecule has 0 aromatic carbocycles. The van der Waals surface area contributed by atoms with Crippen molar-refractivity contribution >= 4 is 16.0 Å². The highest BCUT2D eigenvalue weighted by atomic mass is 32.2. The van der Waals surface area contributed by atoms with Crippen molar-refractivity contribution in [2.24, 2.45) is 0 Å². The van der Waals surface area contributed by atoms with E-state index < -0.39 is 21.7 Å². The minimum Gasteiger partial charge on any atom is -0.480 e. The molecule has 96 valence electrons. The van der Waals surface area contributed by atoms with E-state index in [0.717, 1.165) is 4.31 Å². The van der Waals surface area contributed by atoms with Crippen LogP contribution in [0.4, 0.5) is 0 Å². The standard InChI is InChI=1S/C9H19NO5S/c1-3-8(4-2)10(5-6-11)16(14,15)7-9(12)13/h8,11H,3-7H2,1-2H3,(H,12,13). The van der Waals surface area contributed by atoms with E-state index in [0.29, 0.717) is 12.8 Å². The van der Waals surface area contributed by atoms with Gasteiger partial charge in [0.05, 0.1) is 6.61 Å². The smallest absolute Gasteiger partial charge is 0.320 e. The summed E-state index contributed by atoms with van der Waals surface area (Å²) < 4.78 is 24.5. The molecule has 0 aliphatic heterocycles. The summed E-state index contributed by atoms with van der Waals surface area (Å²) in [7, 11) is -3.83. The Morgan fingerprint density at radius 3 is 2.12 bits per heavy atom. The average Bonchev–Trinajstić information content (AvgIpc) is 2.16. The van der Waals surface area contributed by atoms with Crippen LogP contribution >= 0.6 is 0 Å². The van der Waals surface area contributed by atoms with Crippen LogP contribution in [-0.2, 0) is 14.8 Å². The van der Waals surface area contributed by atoms with Crippen LogP contribution in [0.3, 0.4) is 0 Å². The van der Waals surface area contributed by atoms with Gasteiger partial charge < -0.3 is 10.2 Å². The number of hydrogen-bond acceptors (Lipinski definition) is 4. The molecular weight excluding hydrogens is 234 g/mol. The van der Waals surface area contributed by atoms with Crippen LogP contribution in [0.15, 0.2) is 0 Å². The molecule has 0 rings (SSSR count). The Morgan fingerprint density at radius 1 is 1.31 bits per heavy atom. The van der Waals surface area contributed by atoms with Crippen LogP contribution in [0.2, 0.25) is 0 Å². The van der Waals surface area contributed by atoms with Crippen molar-refractivity contribution in [3.05, 3.63) is 0 Å². The largest absolute Gasteiger partial charge is 0.480 e. The molecule has 0 spiro atoms. The Balaban J connectivity index is 4.95. The predicted octanol–water partition coefficient (Wildman–Crippen LogP) is -0.116. The second-order valence-electron chi connectivity index (χ2n) is 3.45. The molecule has 0 fully saturated rings.